The van der Waals surface area contributed by atoms with Crippen LogP contribution in [0.2, 0.25) is 0 Å². The van der Waals surface area contributed by atoms with Crippen LogP contribution in [-0.4, -0.2) is 11.5 Å². The van der Waals surface area contributed by atoms with Crippen LogP contribution in [0.15, 0.2) is 30.5 Å². The summed E-state index contributed by atoms with van der Waals surface area (Å²) in [6.45, 7) is 13.5. The van der Waals surface area contributed by atoms with E-state index in [2.05, 4.69) is 68.8 Å². The van der Waals surface area contributed by atoms with Gasteiger partial charge in [0.25, 0.3) is 0 Å². The zero-order valence-electron chi connectivity index (χ0n) is 15.8. The smallest absolute Gasteiger partial charge is 0.0430 e. The highest BCUT2D eigenvalue weighted by atomic mass is 15.1. The minimum atomic E-state index is 0.260. The summed E-state index contributed by atoms with van der Waals surface area (Å²) in [7, 11) is 0. The van der Waals surface area contributed by atoms with Crippen molar-refractivity contribution in [2.45, 2.75) is 65.8 Å². The molecule has 1 aromatic carbocycles. The molecule has 2 heteroatoms. The van der Waals surface area contributed by atoms with E-state index in [0.717, 1.165) is 31.6 Å². The summed E-state index contributed by atoms with van der Waals surface area (Å²) >= 11 is 0. The Balaban J connectivity index is 2.03. The van der Waals surface area contributed by atoms with Crippen molar-refractivity contribution in [1.29, 1.82) is 0 Å². The molecule has 3 rings (SSSR count). The number of hydrogen-bond donors (Lipinski definition) is 0. The lowest BCUT2D eigenvalue weighted by atomic mass is 9.76. The van der Waals surface area contributed by atoms with E-state index in [-0.39, 0.29) is 5.41 Å². The van der Waals surface area contributed by atoms with Crippen LogP contribution in [0, 0.1) is 6.92 Å². The van der Waals surface area contributed by atoms with Crippen molar-refractivity contribution in [2.24, 2.45) is 0 Å². The van der Waals surface area contributed by atoms with Crippen LogP contribution in [0.5, 0.6) is 0 Å². The van der Waals surface area contributed by atoms with Crippen LogP contribution in [0.1, 0.15) is 62.1 Å². The second-order valence-corrected chi connectivity index (χ2v) is 7.71. The van der Waals surface area contributed by atoms with E-state index in [9.17, 15) is 0 Å². The van der Waals surface area contributed by atoms with Crippen molar-refractivity contribution in [3.05, 3.63) is 58.4 Å². The summed E-state index contributed by atoms with van der Waals surface area (Å²) in [6, 6.07) is 9.30. The average Bonchev–Trinajstić information content (AvgIpc) is 2.56. The quantitative estimate of drug-likeness (QED) is 0.769. The zero-order valence-corrected chi connectivity index (χ0v) is 15.8. The molecule has 24 heavy (non-hydrogen) atoms. The third-order valence-corrected chi connectivity index (χ3v) is 5.49. The number of pyridine rings is 1. The maximum Gasteiger partial charge on any atom is 0.0430 e. The van der Waals surface area contributed by atoms with Gasteiger partial charge in [-0.05, 0) is 72.1 Å². The molecule has 0 saturated heterocycles. The molecule has 2 nitrogen and oxygen atoms in total. The number of aryl methyl sites for hydroxylation is 3. The predicted molar refractivity (Wildman–Crippen MR) is 103 cm³/mol. The molecule has 0 N–H and O–H groups in total. The van der Waals surface area contributed by atoms with Crippen LogP contribution in [0.3, 0.4) is 0 Å². The summed E-state index contributed by atoms with van der Waals surface area (Å²) < 4.78 is 0. The number of anilines is 1. The maximum absolute atomic E-state index is 4.33. The molecular weight excluding hydrogens is 292 g/mol. The fraction of sp³-hybridized carbons (Fsp3) is 0.500. The van der Waals surface area contributed by atoms with Crippen molar-refractivity contribution in [1.82, 2.24) is 4.98 Å². The van der Waals surface area contributed by atoms with Gasteiger partial charge in [-0.1, -0.05) is 33.8 Å². The molecule has 1 aliphatic rings. The van der Waals surface area contributed by atoms with Crippen molar-refractivity contribution >= 4 is 5.69 Å². The van der Waals surface area contributed by atoms with Gasteiger partial charge in [-0.2, -0.15) is 0 Å². The van der Waals surface area contributed by atoms with Crippen LogP contribution >= 0.6 is 0 Å². The lowest BCUT2D eigenvalue weighted by Crippen LogP contribution is -2.37. The molecule has 0 spiro atoms. The standard InChI is InChI=1S/C22H30N2/c1-6-18-13-20-21(14-19(18)7-2)24(11-9-22(20,4)5)15-17-8-10-23-16(3)12-17/h8,10,12-14H,6-7,9,11,15H2,1-5H3. The van der Waals surface area contributed by atoms with E-state index in [0.29, 0.717) is 0 Å². The molecule has 0 aliphatic carbocycles. The molecule has 0 amide bonds. The largest absolute Gasteiger partial charge is 0.367 e. The minimum absolute atomic E-state index is 0.260. The number of aromatic nitrogens is 1. The molecule has 2 aromatic rings. The predicted octanol–water partition coefficient (Wildman–Crippen LogP) is 5.20. The Bertz CT molecular complexity index is 731. The van der Waals surface area contributed by atoms with E-state index in [1.165, 1.54) is 34.4 Å². The lowest BCUT2D eigenvalue weighted by Gasteiger charge is -2.41. The SMILES string of the molecule is CCc1cc2c(cc1CC)C(C)(C)CCN2Cc1ccnc(C)c1. The number of hydrogen-bond acceptors (Lipinski definition) is 2. The Hall–Kier alpha value is -1.83. The van der Waals surface area contributed by atoms with Gasteiger partial charge in [-0.15, -0.1) is 0 Å². The fourth-order valence-corrected chi connectivity index (χ4v) is 3.90. The molecule has 128 valence electrons. The first-order valence-electron chi connectivity index (χ1n) is 9.27. The van der Waals surface area contributed by atoms with Gasteiger partial charge in [-0.25, -0.2) is 0 Å². The van der Waals surface area contributed by atoms with Gasteiger partial charge in [-0.3, -0.25) is 4.98 Å². The van der Waals surface area contributed by atoms with E-state index < -0.39 is 0 Å². The van der Waals surface area contributed by atoms with Gasteiger partial charge in [0.05, 0.1) is 0 Å². The Morgan fingerprint density at radius 1 is 1.08 bits per heavy atom. The normalized spacial score (nSPS) is 16.1. The summed E-state index contributed by atoms with van der Waals surface area (Å²) in [5.41, 5.74) is 8.70. The highest BCUT2D eigenvalue weighted by molar-refractivity contribution is 5.62. The van der Waals surface area contributed by atoms with Crippen molar-refractivity contribution < 1.29 is 0 Å². The molecule has 1 aromatic heterocycles. The molecule has 0 radical (unpaired) electrons. The molecule has 0 saturated carbocycles. The Morgan fingerprint density at radius 3 is 2.46 bits per heavy atom. The summed E-state index contributed by atoms with van der Waals surface area (Å²) in [5.74, 6) is 0. The van der Waals surface area contributed by atoms with E-state index >= 15 is 0 Å². The van der Waals surface area contributed by atoms with Crippen molar-refractivity contribution in [3.63, 3.8) is 0 Å². The molecule has 2 heterocycles. The lowest BCUT2D eigenvalue weighted by molar-refractivity contribution is 0.452. The summed E-state index contributed by atoms with van der Waals surface area (Å²) in [5, 5.41) is 0. The first kappa shape index (κ1) is 17.0. The van der Waals surface area contributed by atoms with Crippen LogP contribution in [-0.2, 0) is 24.8 Å². The Morgan fingerprint density at radius 2 is 1.79 bits per heavy atom. The van der Waals surface area contributed by atoms with Gasteiger partial charge < -0.3 is 4.90 Å². The van der Waals surface area contributed by atoms with Crippen LogP contribution in [0.25, 0.3) is 0 Å². The van der Waals surface area contributed by atoms with Gasteiger partial charge in [0, 0.05) is 30.7 Å². The number of benzene rings is 1. The maximum atomic E-state index is 4.33. The van der Waals surface area contributed by atoms with Crippen LogP contribution < -0.4 is 4.90 Å². The van der Waals surface area contributed by atoms with Gasteiger partial charge in [0.15, 0.2) is 0 Å². The molecule has 1 aliphatic heterocycles. The summed E-state index contributed by atoms with van der Waals surface area (Å²) in [6.07, 6.45) is 5.37. The first-order valence-corrected chi connectivity index (χ1v) is 9.27. The van der Waals surface area contributed by atoms with Gasteiger partial charge in [0.1, 0.15) is 0 Å². The summed E-state index contributed by atoms with van der Waals surface area (Å²) in [4.78, 5) is 6.90. The third kappa shape index (κ3) is 3.19. The monoisotopic (exact) mass is 322 g/mol. The number of nitrogens with zero attached hydrogens (tertiary/aromatic N) is 2. The minimum Gasteiger partial charge on any atom is -0.367 e. The first-order chi connectivity index (χ1) is 11.4. The second kappa shape index (κ2) is 6.58. The van der Waals surface area contributed by atoms with Crippen LogP contribution in [0.4, 0.5) is 5.69 Å². The van der Waals surface area contributed by atoms with Crippen molar-refractivity contribution in [3.8, 4) is 0 Å². The molecule has 0 atom stereocenters. The average molecular weight is 322 g/mol. The molecular formula is C22H30N2. The number of rotatable bonds is 4. The fourth-order valence-electron chi connectivity index (χ4n) is 3.90. The highest BCUT2D eigenvalue weighted by Crippen LogP contribution is 2.41. The van der Waals surface area contributed by atoms with Gasteiger partial charge >= 0.3 is 0 Å². The Labute approximate surface area is 146 Å². The van der Waals surface area contributed by atoms with E-state index in [1.807, 2.05) is 6.20 Å². The van der Waals surface area contributed by atoms with Gasteiger partial charge in [0.2, 0.25) is 0 Å². The highest BCUT2D eigenvalue weighted by Gasteiger charge is 2.32. The second-order valence-electron chi connectivity index (χ2n) is 7.71. The Kier molecular flexibility index (Phi) is 4.67. The molecule has 0 fully saturated rings. The third-order valence-electron chi connectivity index (χ3n) is 5.49. The molecule has 0 bridgehead atoms. The van der Waals surface area contributed by atoms with E-state index in [4.69, 9.17) is 0 Å². The molecule has 0 unspecified atom stereocenters. The van der Waals surface area contributed by atoms with Crippen molar-refractivity contribution in [2.75, 3.05) is 11.4 Å². The zero-order chi connectivity index (χ0) is 17.3. The topological polar surface area (TPSA) is 16.1 Å². The van der Waals surface area contributed by atoms with E-state index in [1.54, 1.807) is 0 Å². The number of fused-ring (bicyclic) bond motifs is 1.